The van der Waals surface area contributed by atoms with Crippen LogP contribution >= 0.6 is 0 Å². The summed E-state index contributed by atoms with van der Waals surface area (Å²) in [5.41, 5.74) is 0. The van der Waals surface area contributed by atoms with Gasteiger partial charge in [0.05, 0.1) is 18.8 Å². The van der Waals surface area contributed by atoms with Gasteiger partial charge in [0.1, 0.15) is 0 Å². The summed E-state index contributed by atoms with van der Waals surface area (Å²) in [6, 6.07) is 0. The number of unbranched alkanes of at least 4 members (excludes halogenated alkanes) is 1. The van der Waals surface area contributed by atoms with Crippen molar-refractivity contribution in [2.75, 3.05) is 19.7 Å². The number of aliphatic hydroxyl groups is 1. The zero-order valence-electron chi connectivity index (χ0n) is 11.3. The molecule has 2 unspecified atom stereocenters. The normalized spacial score (nSPS) is 15.4. The Labute approximate surface area is 101 Å². The van der Waals surface area contributed by atoms with E-state index in [4.69, 9.17) is 4.74 Å². The molecule has 0 spiro atoms. The zero-order chi connectivity index (χ0) is 12.4. The van der Waals surface area contributed by atoms with Gasteiger partial charge in [-0.15, -0.1) is 0 Å². The topological polar surface area (TPSA) is 41.5 Å². The summed E-state index contributed by atoms with van der Waals surface area (Å²) in [5, 5.41) is 12.9. The molecular weight excluding hydrogens is 202 g/mol. The first kappa shape index (κ1) is 15.9. The van der Waals surface area contributed by atoms with Gasteiger partial charge < -0.3 is 15.2 Å². The minimum absolute atomic E-state index is 0.241. The van der Waals surface area contributed by atoms with E-state index in [1.54, 1.807) is 0 Å². The Hall–Kier alpha value is -0.120. The molecule has 0 aliphatic heterocycles. The molecule has 0 radical (unpaired) electrons. The first-order valence-corrected chi connectivity index (χ1v) is 6.56. The lowest BCUT2D eigenvalue weighted by Crippen LogP contribution is -2.32. The lowest BCUT2D eigenvalue weighted by Gasteiger charge is -2.18. The molecule has 0 bridgehead atoms. The third-order valence-corrected chi connectivity index (χ3v) is 2.46. The molecule has 0 aromatic rings. The van der Waals surface area contributed by atoms with Crippen LogP contribution < -0.4 is 5.32 Å². The van der Waals surface area contributed by atoms with Crippen LogP contribution in [0.4, 0.5) is 0 Å². The second kappa shape index (κ2) is 10.1. The second-order valence-corrected chi connectivity index (χ2v) is 4.99. The van der Waals surface area contributed by atoms with E-state index >= 15 is 0 Å². The molecule has 0 fully saturated rings. The first-order valence-electron chi connectivity index (χ1n) is 6.56. The lowest BCUT2D eigenvalue weighted by molar-refractivity contribution is -0.00843. The van der Waals surface area contributed by atoms with E-state index < -0.39 is 0 Å². The van der Waals surface area contributed by atoms with Crippen LogP contribution in [0.3, 0.4) is 0 Å². The zero-order valence-corrected chi connectivity index (χ0v) is 11.3. The van der Waals surface area contributed by atoms with Crippen molar-refractivity contribution in [2.24, 2.45) is 5.92 Å². The Morgan fingerprint density at radius 3 is 2.50 bits per heavy atom. The van der Waals surface area contributed by atoms with Crippen molar-refractivity contribution in [1.82, 2.24) is 5.32 Å². The Bertz CT molecular complexity index is 151. The molecule has 0 heterocycles. The van der Waals surface area contributed by atoms with Crippen molar-refractivity contribution < 1.29 is 9.84 Å². The summed E-state index contributed by atoms with van der Waals surface area (Å²) < 4.78 is 5.58. The Kier molecular flexibility index (Phi) is 9.99. The quantitative estimate of drug-likeness (QED) is 0.566. The first-order chi connectivity index (χ1) is 7.56. The summed E-state index contributed by atoms with van der Waals surface area (Å²) in [5.74, 6) is 0.648. The van der Waals surface area contributed by atoms with Crippen molar-refractivity contribution in [3.8, 4) is 0 Å². The number of ether oxygens (including phenoxy) is 1. The largest absolute Gasteiger partial charge is 0.389 e. The summed E-state index contributed by atoms with van der Waals surface area (Å²) in [4.78, 5) is 0. The predicted octanol–water partition coefficient (Wildman–Crippen LogP) is 2.19. The van der Waals surface area contributed by atoms with E-state index in [0.717, 1.165) is 19.4 Å². The maximum Gasteiger partial charge on any atom is 0.0897 e. The molecular formula is C13H29NO2. The SMILES string of the molecule is CCCCNCC(O)COC(C)CC(C)C. The number of hydrogen-bond donors (Lipinski definition) is 2. The number of rotatable bonds is 10. The average molecular weight is 231 g/mol. The molecule has 0 amide bonds. The van der Waals surface area contributed by atoms with Crippen LogP contribution in [0, 0.1) is 5.92 Å². The van der Waals surface area contributed by atoms with E-state index in [1.807, 2.05) is 0 Å². The summed E-state index contributed by atoms with van der Waals surface area (Å²) >= 11 is 0. The van der Waals surface area contributed by atoms with Gasteiger partial charge in [0.15, 0.2) is 0 Å². The van der Waals surface area contributed by atoms with Crippen molar-refractivity contribution in [1.29, 1.82) is 0 Å². The van der Waals surface area contributed by atoms with E-state index in [2.05, 4.69) is 33.0 Å². The molecule has 3 heteroatoms. The van der Waals surface area contributed by atoms with Crippen LogP contribution in [-0.2, 0) is 4.74 Å². The van der Waals surface area contributed by atoms with Crippen LogP contribution in [0.1, 0.15) is 47.0 Å². The third-order valence-electron chi connectivity index (χ3n) is 2.46. The van der Waals surface area contributed by atoms with Gasteiger partial charge in [0.25, 0.3) is 0 Å². The predicted molar refractivity (Wildman–Crippen MR) is 68.7 cm³/mol. The molecule has 0 aliphatic carbocycles. The van der Waals surface area contributed by atoms with Gasteiger partial charge in [-0.05, 0) is 32.2 Å². The monoisotopic (exact) mass is 231 g/mol. The maximum atomic E-state index is 9.64. The molecule has 0 rings (SSSR count). The molecule has 0 aromatic carbocycles. The molecule has 0 aliphatic rings. The van der Waals surface area contributed by atoms with Crippen molar-refractivity contribution in [3.05, 3.63) is 0 Å². The smallest absolute Gasteiger partial charge is 0.0897 e. The number of nitrogens with one attached hydrogen (secondary N) is 1. The summed E-state index contributed by atoms with van der Waals surface area (Å²) in [6.07, 6.45) is 3.26. The molecule has 0 aromatic heterocycles. The average Bonchev–Trinajstić information content (AvgIpc) is 2.20. The highest BCUT2D eigenvalue weighted by Gasteiger charge is 2.09. The Morgan fingerprint density at radius 2 is 1.94 bits per heavy atom. The lowest BCUT2D eigenvalue weighted by atomic mass is 10.1. The minimum Gasteiger partial charge on any atom is -0.389 e. The fourth-order valence-electron chi connectivity index (χ4n) is 1.64. The molecule has 16 heavy (non-hydrogen) atoms. The number of aliphatic hydroxyl groups excluding tert-OH is 1. The summed E-state index contributed by atoms with van der Waals surface area (Å²) in [6.45, 7) is 10.6. The molecule has 3 nitrogen and oxygen atoms in total. The molecule has 98 valence electrons. The highest BCUT2D eigenvalue weighted by atomic mass is 16.5. The van der Waals surface area contributed by atoms with E-state index in [-0.39, 0.29) is 12.2 Å². The van der Waals surface area contributed by atoms with Crippen molar-refractivity contribution in [2.45, 2.75) is 59.2 Å². The van der Waals surface area contributed by atoms with E-state index in [9.17, 15) is 5.11 Å². The maximum absolute atomic E-state index is 9.64. The molecule has 2 N–H and O–H groups in total. The van der Waals surface area contributed by atoms with Gasteiger partial charge in [-0.1, -0.05) is 27.2 Å². The standard InChI is InChI=1S/C13H29NO2/c1-5-6-7-14-9-13(15)10-16-12(4)8-11(2)3/h11-15H,5-10H2,1-4H3. The fourth-order valence-corrected chi connectivity index (χ4v) is 1.64. The Morgan fingerprint density at radius 1 is 1.25 bits per heavy atom. The second-order valence-electron chi connectivity index (χ2n) is 4.99. The molecule has 2 atom stereocenters. The van der Waals surface area contributed by atoms with E-state index in [1.165, 1.54) is 6.42 Å². The molecule has 0 saturated heterocycles. The van der Waals surface area contributed by atoms with Gasteiger partial charge in [-0.3, -0.25) is 0 Å². The third kappa shape index (κ3) is 10.4. The van der Waals surface area contributed by atoms with E-state index in [0.29, 0.717) is 19.1 Å². The van der Waals surface area contributed by atoms with Crippen LogP contribution in [0.2, 0.25) is 0 Å². The van der Waals surface area contributed by atoms with Crippen molar-refractivity contribution in [3.63, 3.8) is 0 Å². The van der Waals surface area contributed by atoms with Crippen LogP contribution in [-0.4, -0.2) is 37.0 Å². The Balaban J connectivity index is 3.38. The van der Waals surface area contributed by atoms with Gasteiger partial charge in [0, 0.05) is 6.54 Å². The van der Waals surface area contributed by atoms with Crippen LogP contribution in [0.15, 0.2) is 0 Å². The van der Waals surface area contributed by atoms with Crippen molar-refractivity contribution >= 4 is 0 Å². The highest BCUT2D eigenvalue weighted by molar-refractivity contribution is 4.61. The summed E-state index contributed by atoms with van der Waals surface area (Å²) in [7, 11) is 0. The van der Waals surface area contributed by atoms with Gasteiger partial charge >= 0.3 is 0 Å². The fraction of sp³-hybridized carbons (Fsp3) is 1.00. The van der Waals surface area contributed by atoms with Gasteiger partial charge in [-0.25, -0.2) is 0 Å². The highest BCUT2D eigenvalue weighted by Crippen LogP contribution is 2.07. The number of hydrogen-bond acceptors (Lipinski definition) is 3. The van der Waals surface area contributed by atoms with Gasteiger partial charge in [-0.2, -0.15) is 0 Å². The minimum atomic E-state index is -0.383. The van der Waals surface area contributed by atoms with Gasteiger partial charge in [0.2, 0.25) is 0 Å². The van der Waals surface area contributed by atoms with Crippen LogP contribution in [0.25, 0.3) is 0 Å². The molecule has 0 saturated carbocycles. The van der Waals surface area contributed by atoms with Crippen LogP contribution in [0.5, 0.6) is 0 Å².